The molecule has 1 unspecified atom stereocenters. The zero-order chi connectivity index (χ0) is 11.8. The second-order valence-electron chi connectivity index (χ2n) is 5.06. The first-order valence-electron chi connectivity index (χ1n) is 5.77. The molecule has 0 spiro atoms. The highest BCUT2D eigenvalue weighted by atomic mass is 19.1. The maximum absolute atomic E-state index is 12.9. The normalized spacial score (nSPS) is 22.6. The van der Waals surface area contributed by atoms with Crippen molar-refractivity contribution in [3.8, 4) is 0 Å². The Hall–Kier alpha value is -0.930. The van der Waals surface area contributed by atoms with E-state index in [2.05, 4.69) is 18.7 Å². The van der Waals surface area contributed by atoms with Gasteiger partial charge in [0, 0.05) is 24.7 Å². The van der Waals surface area contributed by atoms with Crippen LogP contribution in [0.25, 0.3) is 0 Å². The molecule has 2 N–H and O–H groups in total. The zero-order valence-corrected chi connectivity index (χ0v) is 9.91. The van der Waals surface area contributed by atoms with Crippen molar-refractivity contribution in [3.05, 3.63) is 35.6 Å². The van der Waals surface area contributed by atoms with Crippen LogP contribution in [-0.2, 0) is 5.54 Å². The lowest BCUT2D eigenvalue weighted by Gasteiger charge is -2.36. The molecule has 1 aliphatic rings. The van der Waals surface area contributed by atoms with Gasteiger partial charge in [-0.15, -0.1) is 0 Å². The van der Waals surface area contributed by atoms with Crippen LogP contribution in [0.2, 0.25) is 0 Å². The van der Waals surface area contributed by atoms with Gasteiger partial charge in [0.05, 0.1) is 0 Å². The number of hydrogen-bond acceptors (Lipinski definition) is 2. The van der Waals surface area contributed by atoms with Gasteiger partial charge in [0.1, 0.15) is 5.82 Å². The minimum absolute atomic E-state index is 0.0676. The van der Waals surface area contributed by atoms with E-state index in [1.807, 2.05) is 12.1 Å². The third-order valence-corrected chi connectivity index (χ3v) is 3.57. The van der Waals surface area contributed by atoms with Gasteiger partial charge in [-0.05, 0) is 38.0 Å². The Labute approximate surface area is 96.2 Å². The van der Waals surface area contributed by atoms with Crippen LogP contribution in [0.5, 0.6) is 0 Å². The number of likely N-dealkylation sites (tertiary alicyclic amines) is 1. The molecule has 1 aromatic carbocycles. The molecule has 16 heavy (non-hydrogen) atoms. The predicted molar refractivity (Wildman–Crippen MR) is 63.6 cm³/mol. The second-order valence-corrected chi connectivity index (χ2v) is 5.06. The summed E-state index contributed by atoms with van der Waals surface area (Å²) in [6, 6.07) is 7.04. The van der Waals surface area contributed by atoms with E-state index in [-0.39, 0.29) is 17.4 Å². The van der Waals surface area contributed by atoms with E-state index in [9.17, 15) is 4.39 Å². The molecule has 1 heterocycles. The van der Waals surface area contributed by atoms with Crippen LogP contribution >= 0.6 is 0 Å². The fourth-order valence-corrected chi connectivity index (χ4v) is 2.34. The van der Waals surface area contributed by atoms with Gasteiger partial charge in [-0.25, -0.2) is 4.39 Å². The summed E-state index contributed by atoms with van der Waals surface area (Å²) in [7, 11) is 0. The van der Waals surface area contributed by atoms with Gasteiger partial charge < -0.3 is 5.73 Å². The summed E-state index contributed by atoms with van der Waals surface area (Å²) in [4.78, 5) is 2.37. The maximum atomic E-state index is 12.9. The van der Waals surface area contributed by atoms with Gasteiger partial charge in [0.2, 0.25) is 0 Å². The first kappa shape index (κ1) is 11.6. The van der Waals surface area contributed by atoms with Gasteiger partial charge >= 0.3 is 0 Å². The molecule has 1 fully saturated rings. The van der Waals surface area contributed by atoms with Crippen molar-refractivity contribution >= 4 is 0 Å². The summed E-state index contributed by atoms with van der Waals surface area (Å²) in [6.45, 7) is 6.27. The smallest absolute Gasteiger partial charge is 0.123 e. The Morgan fingerprint density at radius 2 is 1.94 bits per heavy atom. The summed E-state index contributed by atoms with van der Waals surface area (Å²) < 4.78 is 12.9. The molecule has 0 radical (unpaired) electrons. The number of benzene rings is 1. The molecule has 1 aliphatic heterocycles. The largest absolute Gasteiger partial charge is 0.326 e. The van der Waals surface area contributed by atoms with Crippen molar-refractivity contribution in [2.24, 2.45) is 5.73 Å². The van der Waals surface area contributed by atoms with Crippen LogP contribution in [0.15, 0.2) is 24.3 Å². The molecule has 88 valence electrons. The third kappa shape index (κ3) is 2.11. The second kappa shape index (κ2) is 4.15. The first-order valence-corrected chi connectivity index (χ1v) is 5.77. The highest BCUT2D eigenvalue weighted by Gasteiger charge is 2.33. The highest BCUT2D eigenvalue weighted by Crippen LogP contribution is 2.30. The van der Waals surface area contributed by atoms with Crippen molar-refractivity contribution in [3.63, 3.8) is 0 Å². The van der Waals surface area contributed by atoms with Gasteiger partial charge in [0.25, 0.3) is 0 Å². The van der Waals surface area contributed by atoms with Gasteiger partial charge in [-0.3, -0.25) is 4.90 Å². The Kier molecular flexibility index (Phi) is 3.00. The minimum atomic E-state index is -0.183. The van der Waals surface area contributed by atoms with Crippen molar-refractivity contribution < 1.29 is 4.39 Å². The Morgan fingerprint density at radius 3 is 2.44 bits per heavy atom. The molecule has 2 rings (SSSR count). The molecule has 0 bridgehead atoms. The van der Waals surface area contributed by atoms with E-state index in [1.165, 1.54) is 12.1 Å². The molecule has 1 saturated heterocycles. The topological polar surface area (TPSA) is 29.3 Å². The van der Waals surface area contributed by atoms with E-state index < -0.39 is 0 Å². The van der Waals surface area contributed by atoms with Gasteiger partial charge in [0.15, 0.2) is 0 Å². The zero-order valence-electron chi connectivity index (χ0n) is 9.91. The summed E-state index contributed by atoms with van der Waals surface area (Å²) in [5.41, 5.74) is 7.00. The number of hydrogen-bond donors (Lipinski definition) is 1. The van der Waals surface area contributed by atoms with Crippen LogP contribution < -0.4 is 5.73 Å². The van der Waals surface area contributed by atoms with Crippen molar-refractivity contribution in [1.82, 2.24) is 4.90 Å². The van der Waals surface area contributed by atoms with E-state index in [4.69, 9.17) is 5.73 Å². The lowest BCUT2D eigenvalue weighted by Crippen LogP contribution is -2.41. The van der Waals surface area contributed by atoms with Crippen LogP contribution in [0, 0.1) is 5.82 Å². The lowest BCUT2D eigenvalue weighted by atomic mass is 9.92. The van der Waals surface area contributed by atoms with Crippen molar-refractivity contribution in [2.75, 3.05) is 13.1 Å². The highest BCUT2D eigenvalue weighted by molar-refractivity contribution is 5.24. The fourth-order valence-electron chi connectivity index (χ4n) is 2.34. The minimum Gasteiger partial charge on any atom is -0.326 e. The quantitative estimate of drug-likeness (QED) is 0.830. The molecule has 0 aliphatic carbocycles. The predicted octanol–water partition coefficient (Wildman–Crippen LogP) is 2.09. The number of rotatable bonds is 2. The van der Waals surface area contributed by atoms with E-state index in [1.54, 1.807) is 0 Å². The van der Waals surface area contributed by atoms with E-state index >= 15 is 0 Å². The third-order valence-electron chi connectivity index (χ3n) is 3.57. The lowest BCUT2D eigenvalue weighted by molar-refractivity contribution is 0.153. The summed E-state index contributed by atoms with van der Waals surface area (Å²) in [6.07, 6.45) is 1.05. The monoisotopic (exact) mass is 222 g/mol. The van der Waals surface area contributed by atoms with Crippen LogP contribution in [0.1, 0.15) is 25.8 Å². The average molecular weight is 222 g/mol. The van der Waals surface area contributed by atoms with Gasteiger partial charge in [-0.1, -0.05) is 12.1 Å². The molecule has 0 amide bonds. The molecule has 0 saturated carbocycles. The standard InChI is InChI=1S/C13H19FN2/c1-13(2,16-8-7-12(15)9-16)10-3-5-11(14)6-4-10/h3-6,12H,7-9,15H2,1-2H3. The maximum Gasteiger partial charge on any atom is 0.123 e. The average Bonchev–Trinajstić information content (AvgIpc) is 2.66. The number of halogens is 1. The Bertz CT molecular complexity index is 359. The van der Waals surface area contributed by atoms with E-state index in [0.29, 0.717) is 0 Å². The molecular weight excluding hydrogens is 203 g/mol. The molecular formula is C13H19FN2. The summed E-state index contributed by atoms with van der Waals surface area (Å²) in [5, 5.41) is 0. The Balaban J connectivity index is 2.21. The van der Waals surface area contributed by atoms with Crippen LogP contribution in [-0.4, -0.2) is 24.0 Å². The number of nitrogens with two attached hydrogens (primary N) is 1. The van der Waals surface area contributed by atoms with Crippen LogP contribution in [0.3, 0.4) is 0 Å². The van der Waals surface area contributed by atoms with Crippen molar-refractivity contribution in [1.29, 1.82) is 0 Å². The van der Waals surface area contributed by atoms with E-state index in [0.717, 1.165) is 25.1 Å². The van der Waals surface area contributed by atoms with Gasteiger partial charge in [-0.2, -0.15) is 0 Å². The molecule has 2 nitrogen and oxygen atoms in total. The molecule has 1 aromatic rings. The first-order chi connectivity index (χ1) is 7.50. The SMILES string of the molecule is CC(C)(c1ccc(F)cc1)N1CCC(N)C1. The summed E-state index contributed by atoms with van der Waals surface area (Å²) in [5.74, 6) is -0.183. The summed E-state index contributed by atoms with van der Waals surface area (Å²) >= 11 is 0. The number of nitrogens with zero attached hydrogens (tertiary/aromatic N) is 1. The molecule has 3 heteroatoms. The molecule has 1 atom stereocenters. The fraction of sp³-hybridized carbons (Fsp3) is 0.538. The Morgan fingerprint density at radius 1 is 1.31 bits per heavy atom. The molecule has 0 aromatic heterocycles. The van der Waals surface area contributed by atoms with Crippen molar-refractivity contribution in [2.45, 2.75) is 31.8 Å². The van der Waals surface area contributed by atoms with Crippen LogP contribution in [0.4, 0.5) is 4.39 Å².